The maximum atomic E-state index is 7.05. The minimum atomic E-state index is -3.87. The SMILES string of the molecule is CC(C)c1cccc([O][Zr]([O]c2cccc(C(C)C)c2)([CH]2C=CC=C2)[CH]2C=CC=C2)c1. The molecule has 0 heterocycles. The van der Waals surface area contributed by atoms with Crippen molar-refractivity contribution < 1.29 is 26.8 Å². The molecule has 0 unspecified atom stereocenters. The van der Waals surface area contributed by atoms with Crippen LogP contribution >= 0.6 is 0 Å². The van der Waals surface area contributed by atoms with Gasteiger partial charge in [-0.2, -0.15) is 0 Å². The molecule has 160 valence electrons. The third-order valence-electron chi connectivity index (χ3n) is 6.03. The van der Waals surface area contributed by atoms with Crippen LogP contribution in [0.3, 0.4) is 0 Å². The first kappa shape index (κ1) is 22.1. The minimum absolute atomic E-state index is 0.192. The zero-order valence-electron chi connectivity index (χ0n) is 18.9. The van der Waals surface area contributed by atoms with Crippen LogP contribution in [0.15, 0.2) is 97.1 Å². The topological polar surface area (TPSA) is 18.5 Å². The van der Waals surface area contributed by atoms with Gasteiger partial charge in [0.05, 0.1) is 0 Å². The second-order valence-corrected chi connectivity index (χ2v) is 16.8. The first-order valence-electron chi connectivity index (χ1n) is 11.3. The van der Waals surface area contributed by atoms with Crippen molar-refractivity contribution in [1.29, 1.82) is 0 Å². The van der Waals surface area contributed by atoms with E-state index < -0.39 is 21.1 Å². The predicted octanol–water partition coefficient (Wildman–Crippen LogP) is 8.20. The Morgan fingerprint density at radius 1 is 0.613 bits per heavy atom. The number of hydrogen-bond donors (Lipinski definition) is 0. The Hall–Kier alpha value is -2.12. The molecule has 0 fully saturated rings. The quantitative estimate of drug-likeness (QED) is 0.370. The summed E-state index contributed by atoms with van der Waals surface area (Å²) in [5.41, 5.74) is 2.57. The Morgan fingerprint density at radius 3 is 1.35 bits per heavy atom. The van der Waals surface area contributed by atoms with E-state index in [4.69, 9.17) is 5.63 Å². The van der Waals surface area contributed by atoms with Crippen molar-refractivity contribution in [3.05, 3.63) is 108 Å². The van der Waals surface area contributed by atoms with Crippen LogP contribution in [0, 0.1) is 0 Å². The summed E-state index contributed by atoms with van der Waals surface area (Å²) in [5.74, 6) is 2.75. The molecule has 2 nitrogen and oxygen atoms in total. The molecule has 2 aliphatic carbocycles. The average molecular weight is 492 g/mol. The molecule has 0 aliphatic heterocycles. The summed E-state index contributed by atoms with van der Waals surface area (Å²) >= 11 is -3.87. The third kappa shape index (κ3) is 4.88. The standard InChI is InChI=1S/2C9H12O.2C5H5.Zr/c2*1-7(2)8-4-3-5-9(10)6-8;2*1-2-4-5-3-1;/h2*3-7,10H,1-2H3;2*1-5H;/q;;;;+2/p-2. The summed E-state index contributed by atoms with van der Waals surface area (Å²) < 4.78 is 14.5. The van der Waals surface area contributed by atoms with Crippen LogP contribution in [-0.2, 0) is 21.1 Å². The van der Waals surface area contributed by atoms with Crippen LogP contribution in [0.25, 0.3) is 0 Å². The van der Waals surface area contributed by atoms with Crippen molar-refractivity contribution in [2.24, 2.45) is 0 Å². The number of rotatable bonds is 8. The fourth-order valence-electron chi connectivity index (χ4n) is 4.16. The van der Waals surface area contributed by atoms with Gasteiger partial charge in [-0.15, -0.1) is 0 Å². The Bertz CT molecular complexity index is 921. The van der Waals surface area contributed by atoms with E-state index >= 15 is 0 Å². The van der Waals surface area contributed by atoms with Crippen molar-refractivity contribution in [3.63, 3.8) is 0 Å². The van der Waals surface area contributed by atoms with Crippen molar-refractivity contribution in [2.45, 2.75) is 46.8 Å². The molecule has 0 saturated carbocycles. The Kier molecular flexibility index (Phi) is 6.82. The van der Waals surface area contributed by atoms with Crippen LogP contribution in [0.2, 0.25) is 7.25 Å². The summed E-state index contributed by atoms with van der Waals surface area (Å²) in [6.45, 7) is 8.87. The van der Waals surface area contributed by atoms with E-state index in [1.807, 2.05) is 0 Å². The molecule has 0 spiro atoms. The second-order valence-electron chi connectivity index (χ2n) is 8.97. The van der Waals surface area contributed by atoms with Crippen LogP contribution in [0.4, 0.5) is 0 Å². The zero-order chi connectivity index (χ0) is 21.8. The molecule has 0 bridgehead atoms. The van der Waals surface area contributed by atoms with E-state index in [0.29, 0.717) is 11.8 Å². The van der Waals surface area contributed by atoms with E-state index in [9.17, 15) is 0 Å². The molecule has 0 saturated heterocycles. The van der Waals surface area contributed by atoms with Crippen LogP contribution in [0.1, 0.15) is 50.7 Å². The fourth-order valence-corrected chi connectivity index (χ4v) is 12.9. The molecule has 31 heavy (non-hydrogen) atoms. The molecule has 2 aliphatic rings. The fraction of sp³-hybridized carbons (Fsp3) is 0.286. The van der Waals surface area contributed by atoms with Gasteiger partial charge in [-0.1, -0.05) is 0 Å². The van der Waals surface area contributed by atoms with E-state index in [1.54, 1.807) is 0 Å². The van der Waals surface area contributed by atoms with Crippen molar-refractivity contribution >= 4 is 0 Å². The maximum absolute atomic E-state index is 7.05. The van der Waals surface area contributed by atoms with Crippen molar-refractivity contribution in [2.75, 3.05) is 0 Å². The van der Waals surface area contributed by atoms with Gasteiger partial charge >= 0.3 is 193 Å². The van der Waals surface area contributed by atoms with E-state index in [0.717, 1.165) is 11.5 Å². The molecule has 0 atom stereocenters. The number of benzene rings is 2. The van der Waals surface area contributed by atoms with Gasteiger partial charge in [0.1, 0.15) is 0 Å². The summed E-state index contributed by atoms with van der Waals surface area (Å²) in [7, 11) is 0. The van der Waals surface area contributed by atoms with Crippen LogP contribution in [-0.4, -0.2) is 0 Å². The Balaban J connectivity index is 1.79. The molecule has 2 aromatic rings. The van der Waals surface area contributed by atoms with Gasteiger partial charge in [-0.3, -0.25) is 0 Å². The number of hydrogen-bond acceptors (Lipinski definition) is 2. The molecule has 3 heteroatoms. The molecule has 2 aromatic carbocycles. The van der Waals surface area contributed by atoms with Gasteiger partial charge in [0.2, 0.25) is 0 Å². The number of allylic oxidation sites excluding steroid dienone is 8. The Labute approximate surface area is 192 Å². The van der Waals surface area contributed by atoms with Gasteiger partial charge in [0.25, 0.3) is 0 Å². The molecular formula is C28H32O2Zr. The molecule has 0 aromatic heterocycles. The molecular weight excluding hydrogens is 460 g/mol. The summed E-state index contributed by atoms with van der Waals surface area (Å²) in [6.07, 6.45) is 17.5. The second kappa shape index (κ2) is 9.57. The predicted molar refractivity (Wildman–Crippen MR) is 126 cm³/mol. The van der Waals surface area contributed by atoms with Gasteiger partial charge in [-0.05, 0) is 0 Å². The van der Waals surface area contributed by atoms with Gasteiger partial charge in [0, 0.05) is 0 Å². The van der Waals surface area contributed by atoms with Crippen LogP contribution in [0.5, 0.6) is 11.5 Å². The van der Waals surface area contributed by atoms with E-state index in [-0.39, 0.29) is 7.25 Å². The van der Waals surface area contributed by atoms with Gasteiger partial charge in [0.15, 0.2) is 0 Å². The molecule has 0 N–H and O–H groups in total. The van der Waals surface area contributed by atoms with Crippen molar-refractivity contribution in [3.8, 4) is 11.5 Å². The summed E-state index contributed by atoms with van der Waals surface area (Å²) in [5, 5.41) is 0. The monoisotopic (exact) mass is 490 g/mol. The Morgan fingerprint density at radius 2 is 1.00 bits per heavy atom. The summed E-state index contributed by atoms with van der Waals surface area (Å²) in [4.78, 5) is 0. The van der Waals surface area contributed by atoms with E-state index in [2.05, 4.69) is 125 Å². The first-order valence-corrected chi connectivity index (χ1v) is 16.1. The summed E-state index contributed by atoms with van der Waals surface area (Å²) in [6, 6.07) is 17.1. The van der Waals surface area contributed by atoms with Gasteiger partial charge < -0.3 is 0 Å². The molecule has 0 radical (unpaired) electrons. The zero-order valence-corrected chi connectivity index (χ0v) is 21.3. The average Bonchev–Trinajstić information content (AvgIpc) is 3.48. The van der Waals surface area contributed by atoms with E-state index in [1.165, 1.54) is 11.1 Å². The normalized spacial score (nSPS) is 16.2. The molecule has 0 amide bonds. The van der Waals surface area contributed by atoms with Crippen molar-refractivity contribution in [1.82, 2.24) is 0 Å². The molecule has 4 rings (SSSR count). The first-order chi connectivity index (χ1) is 15.0. The van der Waals surface area contributed by atoms with Crippen LogP contribution < -0.4 is 5.63 Å². The van der Waals surface area contributed by atoms with Gasteiger partial charge in [-0.25, -0.2) is 0 Å². The third-order valence-corrected chi connectivity index (χ3v) is 15.2.